The Morgan fingerprint density at radius 3 is 2.00 bits per heavy atom. The molecule has 1 saturated carbocycles. The van der Waals surface area contributed by atoms with Crippen molar-refractivity contribution < 1.29 is 9.53 Å². The zero-order valence-electron chi connectivity index (χ0n) is 9.60. The number of carbonyl (C=O) groups is 1. The van der Waals surface area contributed by atoms with Crippen LogP contribution in [0.5, 0.6) is 0 Å². The smallest absolute Gasteiger partial charge is 0.323 e. The molecule has 0 amide bonds. The van der Waals surface area contributed by atoms with Gasteiger partial charge < -0.3 is 10.1 Å². The number of carbonyl (C=O) groups excluding carboxylic acids is 1. The van der Waals surface area contributed by atoms with E-state index in [1.54, 1.807) is 0 Å². The van der Waals surface area contributed by atoms with Crippen LogP contribution in [-0.2, 0) is 9.53 Å². The van der Waals surface area contributed by atoms with Crippen LogP contribution in [-0.4, -0.2) is 25.7 Å². The lowest BCUT2D eigenvalue weighted by molar-refractivity contribution is -0.149. The molecule has 1 aliphatic carbocycles. The lowest BCUT2D eigenvalue weighted by atomic mass is 9.79. The zero-order chi connectivity index (χ0) is 10.8. The van der Waals surface area contributed by atoms with Crippen molar-refractivity contribution in [2.24, 2.45) is 16.2 Å². The van der Waals surface area contributed by atoms with Gasteiger partial charge in [-0.15, -0.1) is 0 Å². The molecule has 1 heterocycles. The van der Waals surface area contributed by atoms with Crippen molar-refractivity contribution in [1.82, 2.24) is 5.32 Å². The molecule has 1 atom stereocenters. The summed E-state index contributed by atoms with van der Waals surface area (Å²) < 4.78 is 4.81. The Morgan fingerprint density at radius 2 is 1.79 bits per heavy atom. The van der Waals surface area contributed by atoms with Crippen molar-refractivity contribution in [1.29, 1.82) is 0 Å². The predicted octanol–water partition coefficient (Wildman–Crippen LogP) is 1.18. The highest BCUT2D eigenvalue weighted by Crippen LogP contribution is 2.81. The maximum absolute atomic E-state index is 11.5. The van der Waals surface area contributed by atoms with Crippen LogP contribution >= 0.6 is 0 Å². The Labute approximate surface area is 85.2 Å². The van der Waals surface area contributed by atoms with Gasteiger partial charge >= 0.3 is 5.97 Å². The predicted molar refractivity (Wildman–Crippen MR) is 53.8 cm³/mol. The second-order valence-electron chi connectivity index (χ2n) is 5.56. The molecule has 0 aromatic carbocycles. The molecule has 1 aliphatic heterocycles. The Kier molecular flexibility index (Phi) is 1.65. The van der Waals surface area contributed by atoms with Crippen LogP contribution in [0, 0.1) is 16.2 Å². The third-order valence-electron chi connectivity index (χ3n) is 5.25. The van der Waals surface area contributed by atoms with Gasteiger partial charge in [-0.2, -0.15) is 0 Å². The number of nitrogens with one attached hydrogen (secondary N) is 1. The van der Waals surface area contributed by atoms with E-state index in [-0.39, 0.29) is 28.3 Å². The van der Waals surface area contributed by atoms with Crippen LogP contribution in [0.25, 0.3) is 0 Å². The van der Waals surface area contributed by atoms with Crippen LogP contribution in [0.1, 0.15) is 27.7 Å². The van der Waals surface area contributed by atoms with E-state index in [1.165, 1.54) is 7.11 Å². The van der Waals surface area contributed by atoms with Gasteiger partial charge in [0, 0.05) is 12.0 Å². The highest BCUT2D eigenvalue weighted by atomic mass is 16.5. The molecule has 1 saturated heterocycles. The molecule has 0 aromatic rings. The van der Waals surface area contributed by atoms with Gasteiger partial charge in [-0.25, -0.2) is 0 Å². The molecule has 0 unspecified atom stereocenters. The minimum Gasteiger partial charge on any atom is -0.468 e. The number of methoxy groups -OCH3 is 1. The largest absolute Gasteiger partial charge is 0.468 e. The number of esters is 1. The maximum Gasteiger partial charge on any atom is 0.323 e. The monoisotopic (exact) mass is 197 g/mol. The van der Waals surface area contributed by atoms with E-state index in [9.17, 15) is 4.79 Å². The minimum atomic E-state index is -0.116. The Bertz CT molecular complexity index is 280. The molecular formula is C11H19NO2. The molecule has 0 aromatic heterocycles. The van der Waals surface area contributed by atoms with Crippen LogP contribution in [0.4, 0.5) is 0 Å². The summed E-state index contributed by atoms with van der Waals surface area (Å²) in [7, 11) is 1.46. The molecule has 3 heteroatoms. The number of hydrogen-bond donors (Lipinski definition) is 1. The van der Waals surface area contributed by atoms with Crippen LogP contribution in [0.3, 0.4) is 0 Å². The molecule has 2 fully saturated rings. The molecular weight excluding hydrogens is 178 g/mol. The van der Waals surface area contributed by atoms with Gasteiger partial charge in [0.2, 0.25) is 0 Å². The van der Waals surface area contributed by atoms with Crippen molar-refractivity contribution in [3.63, 3.8) is 0 Å². The molecule has 1 N–H and O–H groups in total. The molecule has 3 nitrogen and oxygen atoms in total. The van der Waals surface area contributed by atoms with Crippen molar-refractivity contribution in [3.05, 3.63) is 0 Å². The van der Waals surface area contributed by atoms with Gasteiger partial charge in [-0.05, 0) is 10.8 Å². The minimum absolute atomic E-state index is 0.0995. The first kappa shape index (κ1) is 9.97. The lowest BCUT2D eigenvalue weighted by Gasteiger charge is -2.40. The molecule has 2 aliphatic rings. The summed E-state index contributed by atoms with van der Waals surface area (Å²) in [4.78, 5) is 11.5. The van der Waals surface area contributed by atoms with E-state index < -0.39 is 0 Å². The van der Waals surface area contributed by atoms with E-state index in [0.29, 0.717) is 0 Å². The molecule has 80 valence electrons. The quantitative estimate of drug-likeness (QED) is 0.642. The molecule has 0 radical (unpaired) electrons. The van der Waals surface area contributed by atoms with Gasteiger partial charge in [0.05, 0.1) is 7.11 Å². The van der Waals surface area contributed by atoms with Crippen molar-refractivity contribution in [3.8, 4) is 0 Å². The van der Waals surface area contributed by atoms with Crippen LogP contribution < -0.4 is 5.32 Å². The second-order valence-corrected chi connectivity index (χ2v) is 5.56. The van der Waals surface area contributed by atoms with E-state index in [2.05, 4.69) is 33.0 Å². The molecule has 14 heavy (non-hydrogen) atoms. The lowest BCUT2D eigenvalue weighted by Crippen LogP contribution is -2.62. The Hall–Kier alpha value is -0.570. The average Bonchev–Trinajstić information content (AvgIpc) is 2.38. The summed E-state index contributed by atoms with van der Waals surface area (Å²) in [5.41, 5.74) is 0.571. The van der Waals surface area contributed by atoms with Gasteiger partial charge in [-0.3, -0.25) is 4.79 Å². The van der Waals surface area contributed by atoms with E-state index in [4.69, 9.17) is 4.74 Å². The molecule has 2 rings (SSSR count). The average molecular weight is 197 g/mol. The van der Waals surface area contributed by atoms with Gasteiger partial charge in [0.1, 0.15) is 6.04 Å². The highest BCUT2D eigenvalue weighted by Gasteiger charge is 2.84. The number of ether oxygens (including phenoxy) is 1. The van der Waals surface area contributed by atoms with Gasteiger partial charge in [0.25, 0.3) is 0 Å². The summed E-state index contributed by atoms with van der Waals surface area (Å²) in [6, 6.07) is -0.0995. The Morgan fingerprint density at radius 1 is 1.29 bits per heavy atom. The third-order valence-corrected chi connectivity index (χ3v) is 5.25. The Balaban J connectivity index is 2.26. The zero-order valence-corrected chi connectivity index (χ0v) is 9.60. The fraction of sp³-hybridized carbons (Fsp3) is 0.909. The highest BCUT2D eigenvalue weighted by molar-refractivity contribution is 5.80. The van der Waals surface area contributed by atoms with Crippen LogP contribution in [0.2, 0.25) is 0 Å². The first-order valence-electron chi connectivity index (χ1n) is 5.14. The van der Waals surface area contributed by atoms with Crippen LogP contribution in [0.15, 0.2) is 0 Å². The summed E-state index contributed by atoms with van der Waals surface area (Å²) in [6.07, 6.45) is 0. The van der Waals surface area contributed by atoms with Gasteiger partial charge in [-0.1, -0.05) is 27.7 Å². The normalized spacial score (nSPS) is 34.8. The molecule has 0 bridgehead atoms. The third kappa shape index (κ3) is 0.691. The summed E-state index contributed by atoms with van der Waals surface area (Å²) in [5, 5.41) is 3.19. The van der Waals surface area contributed by atoms with E-state index >= 15 is 0 Å². The first-order valence-corrected chi connectivity index (χ1v) is 5.14. The summed E-state index contributed by atoms with van der Waals surface area (Å²) >= 11 is 0. The summed E-state index contributed by atoms with van der Waals surface area (Å²) in [6.45, 7) is 9.90. The van der Waals surface area contributed by atoms with Crippen molar-refractivity contribution in [2.75, 3.05) is 13.7 Å². The van der Waals surface area contributed by atoms with E-state index in [0.717, 1.165) is 6.54 Å². The standard InChI is InChI=1S/C11H19NO2/c1-9(2)10(3,4)11(9)6-12-7(11)8(13)14-5/h7,12H,6H2,1-5H3/t7-/m0/s1. The number of hydrogen-bond acceptors (Lipinski definition) is 3. The number of rotatable bonds is 1. The van der Waals surface area contributed by atoms with Crippen molar-refractivity contribution in [2.45, 2.75) is 33.7 Å². The van der Waals surface area contributed by atoms with E-state index in [1.807, 2.05) is 0 Å². The second kappa shape index (κ2) is 2.32. The SMILES string of the molecule is COC(=O)[C@@H]1NCC12C(C)(C)C2(C)C. The summed E-state index contributed by atoms with van der Waals surface area (Å²) in [5.74, 6) is -0.116. The fourth-order valence-corrected chi connectivity index (χ4v) is 3.45. The van der Waals surface area contributed by atoms with Crippen molar-refractivity contribution >= 4 is 5.97 Å². The maximum atomic E-state index is 11.5. The topological polar surface area (TPSA) is 38.3 Å². The van der Waals surface area contributed by atoms with Gasteiger partial charge in [0.15, 0.2) is 0 Å². The fourth-order valence-electron chi connectivity index (χ4n) is 3.45. The molecule has 1 spiro atoms. The first-order chi connectivity index (χ1) is 6.33.